The number of hydrogen-bond donors (Lipinski definition) is 1. The molecule has 0 fully saturated rings. The molecule has 0 bridgehead atoms. The lowest BCUT2D eigenvalue weighted by molar-refractivity contribution is -0.137. The van der Waals surface area contributed by atoms with Crippen LogP contribution in [0.25, 0.3) is 11.3 Å². The Labute approximate surface area is 104 Å². The van der Waals surface area contributed by atoms with Crippen LogP contribution in [0.15, 0.2) is 30.3 Å². The van der Waals surface area contributed by atoms with Crippen molar-refractivity contribution in [2.45, 2.75) is 6.18 Å². The molecule has 3 nitrogen and oxygen atoms in total. The highest BCUT2D eigenvalue weighted by Crippen LogP contribution is 2.37. The quantitative estimate of drug-likeness (QED) is 0.910. The number of carboxylic acids is 1. The van der Waals surface area contributed by atoms with Gasteiger partial charge in [0, 0.05) is 5.56 Å². The number of carboxylic acid groups (broad SMARTS) is 1. The minimum Gasteiger partial charge on any atom is -0.477 e. The first-order chi connectivity index (χ1) is 8.39. The summed E-state index contributed by atoms with van der Waals surface area (Å²) < 4.78 is 42.0. The van der Waals surface area contributed by atoms with Crippen LogP contribution >= 0.6 is 11.5 Å². The SMILES string of the molecule is O=C(O)c1cc(-c2ccccc2C(F)(F)F)ns1. The molecule has 0 amide bonds. The van der Waals surface area contributed by atoms with E-state index in [1.807, 2.05) is 0 Å². The van der Waals surface area contributed by atoms with Gasteiger partial charge in [-0.15, -0.1) is 0 Å². The molecule has 0 aliphatic rings. The van der Waals surface area contributed by atoms with Crippen LogP contribution in [0.5, 0.6) is 0 Å². The molecule has 2 rings (SSSR count). The van der Waals surface area contributed by atoms with Gasteiger partial charge in [0.2, 0.25) is 0 Å². The molecule has 0 radical (unpaired) electrons. The van der Waals surface area contributed by atoms with Crippen LogP contribution in [-0.2, 0) is 6.18 Å². The van der Waals surface area contributed by atoms with Crippen LogP contribution in [0.4, 0.5) is 13.2 Å². The van der Waals surface area contributed by atoms with E-state index in [-0.39, 0.29) is 16.1 Å². The Morgan fingerprint density at radius 3 is 2.50 bits per heavy atom. The number of nitrogens with zero attached hydrogens (tertiary/aromatic N) is 1. The Bertz CT molecular complexity index is 592. The second-order valence-electron chi connectivity index (χ2n) is 3.42. The smallest absolute Gasteiger partial charge is 0.417 e. The Hall–Kier alpha value is -1.89. The second kappa shape index (κ2) is 4.41. The summed E-state index contributed by atoms with van der Waals surface area (Å²) in [5.41, 5.74) is -0.925. The molecule has 2 aromatic rings. The van der Waals surface area contributed by atoms with Gasteiger partial charge in [0.05, 0.1) is 11.3 Å². The molecule has 1 N–H and O–H groups in total. The third kappa shape index (κ3) is 2.35. The minimum absolute atomic E-state index is 0.0188. The van der Waals surface area contributed by atoms with Gasteiger partial charge < -0.3 is 5.11 Å². The first-order valence-electron chi connectivity index (χ1n) is 4.76. The maximum Gasteiger partial charge on any atom is 0.417 e. The molecule has 1 aromatic carbocycles. The Morgan fingerprint density at radius 1 is 1.28 bits per heavy atom. The van der Waals surface area contributed by atoms with Crippen molar-refractivity contribution in [3.05, 3.63) is 40.8 Å². The molecule has 0 unspecified atom stereocenters. The Balaban J connectivity index is 2.53. The van der Waals surface area contributed by atoms with Crippen LogP contribution in [-0.4, -0.2) is 15.4 Å². The van der Waals surface area contributed by atoms with Gasteiger partial charge >= 0.3 is 12.1 Å². The van der Waals surface area contributed by atoms with E-state index in [1.54, 1.807) is 0 Å². The predicted molar refractivity (Wildman–Crippen MR) is 59.5 cm³/mol. The summed E-state index contributed by atoms with van der Waals surface area (Å²) in [6.45, 7) is 0. The average molecular weight is 273 g/mol. The van der Waals surface area contributed by atoms with E-state index in [9.17, 15) is 18.0 Å². The number of hydrogen-bond acceptors (Lipinski definition) is 3. The van der Waals surface area contributed by atoms with Crippen molar-refractivity contribution < 1.29 is 23.1 Å². The molecule has 0 atom stereocenters. The average Bonchev–Trinajstić information content (AvgIpc) is 2.77. The summed E-state index contributed by atoms with van der Waals surface area (Å²) in [5, 5.41) is 8.72. The molecule has 0 saturated carbocycles. The van der Waals surface area contributed by atoms with Crippen LogP contribution < -0.4 is 0 Å². The molecule has 0 aliphatic carbocycles. The van der Waals surface area contributed by atoms with Gasteiger partial charge in [-0.2, -0.15) is 17.5 Å². The van der Waals surface area contributed by atoms with Gasteiger partial charge in [0.1, 0.15) is 4.88 Å². The summed E-state index contributed by atoms with van der Waals surface area (Å²) in [6, 6.07) is 6.07. The number of aromatic carboxylic acids is 1. The van der Waals surface area contributed by atoms with E-state index >= 15 is 0 Å². The number of carbonyl (C=O) groups is 1. The van der Waals surface area contributed by atoms with Crippen molar-refractivity contribution in [2.75, 3.05) is 0 Å². The number of aromatic nitrogens is 1. The summed E-state index contributed by atoms with van der Waals surface area (Å²) in [4.78, 5) is 10.6. The molecule has 94 valence electrons. The van der Waals surface area contributed by atoms with E-state index in [2.05, 4.69) is 4.37 Å². The summed E-state index contributed by atoms with van der Waals surface area (Å²) >= 11 is 0.655. The van der Waals surface area contributed by atoms with Crippen LogP contribution in [0.2, 0.25) is 0 Å². The first-order valence-corrected chi connectivity index (χ1v) is 5.53. The maximum absolute atomic E-state index is 12.8. The fourth-order valence-corrected chi connectivity index (χ4v) is 2.05. The fourth-order valence-electron chi connectivity index (χ4n) is 1.46. The van der Waals surface area contributed by atoms with Crippen molar-refractivity contribution in [1.82, 2.24) is 4.37 Å². The molecule has 1 aromatic heterocycles. The van der Waals surface area contributed by atoms with Gasteiger partial charge in [-0.05, 0) is 23.7 Å². The van der Waals surface area contributed by atoms with Gasteiger partial charge in [-0.25, -0.2) is 4.79 Å². The number of alkyl halides is 3. The van der Waals surface area contributed by atoms with Gasteiger partial charge in [-0.3, -0.25) is 0 Å². The number of halogens is 3. The van der Waals surface area contributed by atoms with Crippen molar-refractivity contribution in [2.24, 2.45) is 0 Å². The highest BCUT2D eigenvalue weighted by molar-refractivity contribution is 7.08. The van der Waals surface area contributed by atoms with E-state index in [4.69, 9.17) is 5.11 Å². The molecule has 0 saturated heterocycles. The topological polar surface area (TPSA) is 50.2 Å². The van der Waals surface area contributed by atoms with E-state index in [0.29, 0.717) is 11.5 Å². The van der Waals surface area contributed by atoms with Gasteiger partial charge in [0.25, 0.3) is 0 Å². The zero-order valence-electron chi connectivity index (χ0n) is 8.73. The van der Waals surface area contributed by atoms with Crippen molar-refractivity contribution in [3.63, 3.8) is 0 Å². The molecule has 18 heavy (non-hydrogen) atoms. The summed E-state index contributed by atoms with van der Waals surface area (Å²) in [6.07, 6.45) is -4.50. The molecule has 7 heteroatoms. The normalized spacial score (nSPS) is 11.5. The van der Waals surface area contributed by atoms with E-state index in [1.165, 1.54) is 18.2 Å². The van der Waals surface area contributed by atoms with Gasteiger partial charge in [0.15, 0.2) is 0 Å². The summed E-state index contributed by atoms with van der Waals surface area (Å²) in [7, 11) is 0. The van der Waals surface area contributed by atoms with Crippen molar-refractivity contribution in [1.29, 1.82) is 0 Å². The molecular formula is C11H6F3NO2S. The van der Waals surface area contributed by atoms with Crippen LogP contribution in [0.1, 0.15) is 15.2 Å². The van der Waals surface area contributed by atoms with E-state index in [0.717, 1.165) is 12.1 Å². The van der Waals surface area contributed by atoms with Crippen LogP contribution in [0.3, 0.4) is 0 Å². The first kappa shape index (κ1) is 12.6. The van der Waals surface area contributed by atoms with E-state index < -0.39 is 17.7 Å². The molecule has 0 aliphatic heterocycles. The zero-order valence-corrected chi connectivity index (χ0v) is 9.55. The standard InChI is InChI=1S/C11H6F3NO2S/c12-11(13,14)7-4-2-1-3-6(7)8-5-9(10(16)17)18-15-8/h1-5H,(H,16,17). The Kier molecular flexibility index (Phi) is 3.08. The largest absolute Gasteiger partial charge is 0.477 e. The lowest BCUT2D eigenvalue weighted by Gasteiger charge is -2.10. The predicted octanol–water partition coefficient (Wildman–Crippen LogP) is 3.53. The lowest BCUT2D eigenvalue weighted by Crippen LogP contribution is -2.06. The highest BCUT2D eigenvalue weighted by Gasteiger charge is 2.33. The van der Waals surface area contributed by atoms with Gasteiger partial charge in [-0.1, -0.05) is 18.2 Å². The zero-order chi connectivity index (χ0) is 13.3. The number of benzene rings is 1. The fraction of sp³-hybridized carbons (Fsp3) is 0.0909. The third-order valence-corrected chi connectivity index (χ3v) is 3.01. The van der Waals surface area contributed by atoms with Crippen molar-refractivity contribution in [3.8, 4) is 11.3 Å². The molecular weight excluding hydrogens is 267 g/mol. The summed E-state index contributed by atoms with van der Waals surface area (Å²) in [5.74, 6) is -1.21. The third-order valence-electron chi connectivity index (χ3n) is 2.23. The molecule has 0 spiro atoms. The maximum atomic E-state index is 12.8. The minimum atomic E-state index is -4.50. The number of rotatable bonds is 2. The highest BCUT2D eigenvalue weighted by atomic mass is 32.1. The van der Waals surface area contributed by atoms with Crippen LogP contribution in [0, 0.1) is 0 Å². The molecule has 1 heterocycles. The lowest BCUT2D eigenvalue weighted by atomic mass is 10.0. The Morgan fingerprint density at radius 2 is 1.94 bits per heavy atom. The van der Waals surface area contributed by atoms with Crippen molar-refractivity contribution >= 4 is 17.5 Å². The monoisotopic (exact) mass is 273 g/mol. The second-order valence-corrected chi connectivity index (χ2v) is 4.23.